The van der Waals surface area contributed by atoms with Gasteiger partial charge in [-0.05, 0) is 48.6 Å². The van der Waals surface area contributed by atoms with E-state index in [2.05, 4.69) is 5.32 Å². The molecule has 1 saturated heterocycles. The summed E-state index contributed by atoms with van der Waals surface area (Å²) in [7, 11) is 1.72. The van der Waals surface area contributed by atoms with Crippen LogP contribution >= 0.6 is 0 Å². The highest BCUT2D eigenvalue weighted by Gasteiger charge is 2.24. The molecule has 0 spiro atoms. The topological polar surface area (TPSA) is 35.6 Å². The van der Waals surface area contributed by atoms with Crippen LogP contribution in [0, 0.1) is 23.4 Å². The van der Waals surface area contributed by atoms with Gasteiger partial charge in [-0.1, -0.05) is 12.1 Å². The third-order valence-electron chi connectivity index (χ3n) is 5.09. The van der Waals surface area contributed by atoms with Gasteiger partial charge in [-0.2, -0.15) is 0 Å². The fourth-order valence-corrected chi connectivity index (χ4v) is 3.33. The van der Waals surface area contributed by atoms with Gasteiger partial charge in [0.25, 0.3) is 0 Å². The number of nitrogens with zero attached hydrogens (tertiary/aromatic N) is 2. The molecule has 0 radical (unpaired) electrons. The second-order valence-corrected chi connectivity index (χ2v) is 7.18. The third kappa shape index (κ3) is 5.18. The molecule has 150 valence electrons. The summed E-state index contributed by atoms with van der Waals surface area (Å²) in [6.07, 6.45) is 1.52. The van der Waals surface area contributed by atoms with Crippen LogP contribution in [0.1, 0.15) is 12.0 Å². The Morgan fingerprint density at radius 3 is 2.61 bits per heavy atom. The number of carbonyl (C=O) groups is 1. The SMILES string of the molecule is CN(CCc1ccc(F)cc1)C(=O)NCC1CCN(c2ccc(F)c(F)c2)C1. The number of halogens is 3. The number of rotatable bonds is 6. The Bertz CT molecular complexity index is 813. The number of benzene rings is 2. The maximum atomic E-state index is 13.4. The van der Waals surface area contributed by atoms with E-state index in [9.17, 15) is 18.0 Å². The van der Waals surface area contributed by atoms with E-state index in [0.717, 1.165) is 24.6 Å². The number of amides is 2. The number of urea groups is 1. The zero-order valence-corrected chi connectivity index (χ0v) is 15.8. The minimum atomic E-state index is -0.851. The monoisotopic (exact) mass is 391 g/mol. The number of anilines is 1. The summed E-state index contributed by atoms with van der Waals surface area (Å²) >= 11 is 0. The lowest BCUT2D eigenvalue weighted by atomic mass is 10.1. The standard InChI is InChI=1S/C21H24F3N3O/c1-26(10-8-15-2-4-17(22)5-3-15)21(28)25-13-16-9-11-27(14-16)18-6-7-19(23)20(24)12-18/h2-7,12,16H,8-11,13-14H2,1H3,(H,25,28). The summed E-state index contributed by atoms with van der Waals surface area (Å²) in [6.45, 7) is 2.49. The first-order chi connectivity index (χ1) is 13.4. The number of nitrogens with one attached hydrogen (secondary N) is 1. The number of likely N-dealkylation sites (N-methyl/N-ethyl adjacent to an activating group) is 1. The molecular weight excluding hydrogens is 367 g/mol. The first kappa shape index (κ1) is 20.0. The molecule has 0 saturated carbocycles. The fraction of sp³-hybridized carbons (Fsp3) is 0.381. The summed E-state index contributed by atoms with van der Waals surface area (Å²) < 4.78 is 39.4. The van der Waals surface area contributed by atoms with Gasteiger partial charge in [0.2, 0.25) is 0 Å². The summed E-state index contributed by atoms with van der Waals surface area (Å²) in [4.78, 5) is 15.9. The van der Waals surface area contributed by atoms with E-state index < -0.39 is 11.6 Å². The average molecular weight is 391 g/mol. The molecule has 28 heavy (non-hydrogen) atoms. The van der Waals surface area contributed by atoms with Gasteiger partial charge in [0.15, 0.2) is 11.6 Å². The van der Waals surface area contributed by atoms with Crippen molar-refractivity contribution >= 4 is 11.7 Å². The first-order valence-corrected chi connectivity index (χ1v) is 9.36. The summed E-state index contributed by atoms with van der Waals surface area (Å²) in [5.41, 5.74) is 1.63. The Hall–Kier alpha value is -2.70. The van der Waals surface area contributed by atoms with Gasteiger partial charge in [-0.3, -0.25) is 0 Å². The lowest BCUT2D eigenvalue weighted by Gasteiger charge is -2.21. The summed E-state index contributed by atoms with van der Waals surface area (Å²) in [5.74, 6) is -1.72. The molecule has 1 heterocycles. The minimum Gasteiger partial charge on any atom is -0.371 e. The van der Waals surface area contributed by atoms with Crippen molar-refractivity contribution in [2.24, 2.45) is 5.92 Å². The lowest BCUT2D eigenvalue weighted by molar-refractivity contribution is 0.207. The van der Waals surface area contributed by atoms with Gasteiger partial charge >= 0.3 is 6.03 Å². The van der Waals surface area contributed by atoms with Crippen molar-refractivity contribution in [3.05, 3.63) is 65.5 Å². The van der Waals surface area contributed by atoms with E-state index in [1.54, 1.807) is 30.1 Å². The molecule has 1 unspecified atom stereocenters. The minimum absolute atomic E-state index is 0.159. The van der Waals surface area contributed by atoms with E-state index in [1.165, 1.54) is 18.2 Å². The second kappa shape index (κ2) is 8.99. The zero-order valence-electron chi connectivity index (χ0n) is 15.8. The van der Waals surface area contributed by atoms with Gasteiger partial charge in [0, 0.05) is 45.0 Å². The maximum Gasteiger partial charge on any atom is 0.317 e. The van der Waals surface area contributed by atoms with Crippen LogP contribution in [0.4, 0.5) is 23.7 Å². The van der Waals surface area contributed by atoms with Crippen LogP contribution in [0.2, 0.25) is 0 Å². The molecule has 1 aliphatic rings. The highest BCUT2D eigenvalue weighted by Crippen LogP contribution is 2.25. The predicted octanol–water partition coefficient (Wildman–Crippen LogP) is 3.81. The Labute approximate surface area is 162 Å². The van der Waals surface area contributed by atoms with Gasteiger partial charge in [-0.25, -0.2) is 18.0 Å². The molecule has 3 rings (SSSR count). The highest BCUT2D eigenvalue weighted by molar-refractivity contribution is 5.73. The molecule has 4 nitrogen and oxygen atoms in total. The molecule has 1 fully saturated rings. The van der Waals surface area contributed by atoms with Crippen molar-refractivity contribution in [1.29, 1.82) is 0 Å². The van der Waals surface area contributed by atoms with Crippen molar-refractivity contribution in [2.75, 3.05) is 38.1 Å². The Morgan fingerprint density at radius 2 is 1.89 bits per heavy atom. The maximum absolute atomic E-state index is 13.4. The fourth-order valence-electron chi connectivity index (χ4n) is 3.33. The Morgan fingerprint density at radius 1 is 1.14 bits per heavy atom. The van der Waals surface area contributed by atoms with Gasteiger partial charge in [0.05, 0.1) is 0 Å². The van der Waals surface area contributed by atoms with Crippen molar-refractivity contribution in [2.45, 2.75) is 12.8 Å². The van der Waals surface area contributed by atoms with Gasteiger partial charge in [-0.15, -0.1) is 0 Å². The first-order valence-electron chi connectivity index (χ1n) is 9.36. The van der Waals surface area contributed by atoms with Crippen molar-refractivity contribution in [3.63, 3.8) is 0 Å². The van der Waals surface area contributed by atoms with Crippen molar-refractivity contribution < 1.29 is 18.0 Å². The van der Waals surface area contributed by atoms with Crippen LogP contribution in [0.15, 0.2) is 42.5 Å². The van der Waals surface area contributed by atoms with Crippen molar-refractivity contribution in [3.8, 4) is 0 Å². The highest BCUT2D eigenvalue weighted by atomic mass is 19.2. The third-order valence-corrected chi connectivity index (χ3v) is 5.09. The molecule has 7 heteroatoms. The van der Waals surface area contributed by atoms with Gasteiger partial charge < -0.3 is 15.1 Å². The van der Waals surface area contributed by atoms with E-state index in [4.69, 9.17) is 0 Å². The molecule has 0 aliphatic carbocycles. The van der Waals surface area contributed by atoms with Gasteiger partial charge in [0.1, 0.15) is 5.82 Å². The van der Waals surface area contributed by atoms with Crippen LogP contribution in [-0.4, -0.2) is 44.2 Å². The van der Waals surface area contributed by atoms with Crippen LogP contribution in [0.3, 0.4) is 0 Å². The van der Waals surface area contributed by atoms with Crippen LogP contribution in [-0.2, 0) is 6.42 Å². The molecule has 1 atom stereocenters. The van der Waals surface area contributed by atoms with E-state index >= 15 is 0 Å². The number of hydrogen-bond donors (Lipinski definition) is 1. The normalized spacial score (nSPS) is 16.3. The molecule has 2 aromatic carbocycles. The average Bonchev–Trinajstić information content (AvgIpc) is 3.16. The molecular formula is C21H24F3N3O. The molecule has 0 aromatic heterocycles. The Balaban J connectivity index is 1.41. The molecule has 1 N–H and O–H groups in total. The number of carbonyl (C=O) groups excluding carboxylic acids is 1. The van der Waals surface area contributed by atoms with Crippen molar-refractivity contribution in [1.82, 2.24) is 10.2 Å². The zero-order chi connectivity index (χ0) is 20.1. The largest absolute Gasteiger partial charge is 0.371 e. The lowest BCUT2D eigenvalue weighted by Crippen LogP contribution is -2.40. The van der Waals surface area contributed by atoms with E-state index in [0.29, 0.717) is 31.7 Å². The van der Waals surface area contributed by atoms with Crippen LogP contribution in [0.25, 0.3) is 0 Å². The predicted molar refractivity (Wildman–Crippen MR) is 103 cm³/mol. The number of hydrogen-bond acceptors (Lipinski definition) is 2. The Kier molecular flexibility index (Phi) is 6.44. The molecule has 0 bridgehead atoms. The van der Waals surface area contributed by atoms with E-state index in [-0.39, 0.29) is 17.8 Å². The van der Waals surface area contributed by atoms with Crippen LogP contribution in [0.5, 0.6) is 0 Å². The molecule has 1 aliphatic heterocycles. The smallest absolute Gasteiger partial charge is 0.317 e. The summed E-state index contributed by atoms with van der Waals surface area (Å²) in [6, 6.07) is 10.0. The van der Waals surface area contributed by atoms with E-state index in [1.807, 2.05) is 4.90 Å². The quantitative estimate of drug-likeness (QED) is 0.813. The molecule has 2 amide bonds. The second-order valence-electron chi connectivity index (χ2n) is 7.18. The molecule has 2 aromatic rings. The van der Waals surface area contributed by atoms with Crippen LogP contribution < -0.4 is 10.2 Å². The summed E-state index contributed by atoms with van der Waals surface area (Å²) in [5, 5.41) is 2.93.